The Balaban J connectivity index is 0.00000242. The highest BCUT2D eigenvalue weighted by Gasteiger charge is 2.42. The van der Waals surface area contributed by atoms with Gasteiger partial charge in [-0.25, -0.2) is 0 Å². The predicted octanol–water partition coefficient (Wildman–Crippen LogP) is 2.19. The quantitative estimate of drug-likeness (QED) is 0.872. The normalized spacial score (nSPS) is 18.1. The Labute approximate surface area is 139 Å². The van der Waals surface area contributed by atoms with Crippen LogP contribution in [0, 0.1) is 6.92 Å². The van der Waals surface area contributed by atoms with Crippen molar-refractivity contribution < 1.29 is 9.53 Å². The van der Waals surface area contributed by atoms with Gasteiger partial charge >= 0.3 is 0 Å². The van der Waals surface area contributed by atoms with Crippen LogP contribution in [0.25, 0.3) is 0 Å². The van der Waals surface area contributed by atoms with Gasteiger partial charge in [-0.15, -0.1) is 12.4 Å². The van der Waals surface area contributed by atoms with Crippen molar-refractivity contribution in [2.75, 3.05) is 26.8 Å². The standard InChI is InChI=1S/C17H26N2O2.ClH/c1-13-6-4-5-7-15(13)17(8-10-21-11-9-17)16(20)19-12-14(2)18-3;/h4-7,14,18H,8-12H2,1-3H3,(H,19,20);1H. The van der Waals surface area contributed by atoms with Crippen LogP contribution in [0.1, 0.15) is 30.9 Å². The first-order chi connectivity index (χ1) is 10.1. The molecule has 4 nitrogen and oxygen atoms in total. The van der Waals surface area contributed by atoms with Gasteiger partial charge in [0.15, 0.2) is 0 Å². The molecule has 0 radical (unpaired) electrons. The zero-order valence-corrected chi connectivity index (χ0v) is 14.5. The number of amides is 1. The molecule has 1 atom stereocenters. The maximum Gasteiger partial charge on any atom is 0.230 e. The first kappa shape index (κ1) is 18.9. The second kappa shape index (κ2) is 8.51. The Kier molecular flexibility index (Phi) is 7.33. The lowest BCUT2D eigenvalue weighted by Gasteiger charge is -2.37. The van der Waals surface area contributed by atoms with Crippen LogP contribution in [0.2, 0.25) is 0 Å². The van der Waals surface area contributed by atoms with E-state index in [-0.39, 0.29) is 24.4 Å². The molecular weight excluding hydrogens is 300 g/mol. The summed E-state index contributed by atoms with van der Waals surface area (Å²) in [5.41, 5.74) is 1.87. The molecule has 1 unspecified atom stereocenters. The SMILES string of the molecule is CNC(C)CNC(=O)C1(c2ccccc2C)CCOCC1.Cl. The molecule has 22 heavy (non-hydrogen) atoms. The van der Waals surface area contributed by atoms with E-state index in [0.29, 0.717) is 19.8 Å². The van der Waals surface area contributed by atoms with Crippen LogP contribution in [0.5, 0.6) is 0 Å². The fraction of sp³-hybridized carbons (Fsp3) is 0.588. The van der Waals surface area contributed by atoms with Crippen molar-refractivity contribution in [2.45, 2.75) is 38.1 Å². The number of likely N-dealkylation sites (N-methyl/N-ethyl adjacent to an activating group) is 1. The van der Waals surface area contributed by atoms with Gasteiger partial charge in [-0.1, -0.05) is 24.3 Å². The minimum Gasteiger partial charge on any atom is -0.381 e. The monoisotopic (exact) mass is 326 g/mol. The predicted molar refractivity (Wildman–Crippen MR) is 91.7 cm³/mol. The van der Waals surface area contributed by atoms with E-state index in [1.165, 1.54) is 5.56 Å². The molecule has 2 N–H and O–H groups in total. The summed E-state index contributed by atoms with van der Waals surface area (Å²) in [4.78, 5) is 12.9. The van der Waals surface area contributed by atoms with Crippen molar-refractivity contribution in [3.8, 4) is 0 Å². The highest BCUT2D eigenvalue weighted by atomic mass is 35.5. The minimum atomic E-state index is -0.447. The summed E-state index contributed by atoms with van der Waals surface area (Å²) in [7, 11) is 1.91. The summed E-state index contributed by atoms with van der Waals surface area (Å²) in [5.74, 6) is 0.127. The molecule has 1 fully saturated rings. The van der Waals surface area contributed by atoms with E-state index >= 15 is 0 Å². The summed E-state index contributed by atoms with van der Waals surface area (Å²) in [5, 5.41) is 6.26. The minimum absolute atomic E-state index is 0. The molecule has 1 amide bonds. The van der Waals surface area contributed by atoms with Crippen LogP contribution in [0.4, 0.5) is 0 Å². The fourth-order valence-corrected chi connectivity index (χ4v) is 2.97. The van der Waals surface area contributed by atoms with Gasteiger partial charge < -0.3 is 15.4 Å². The molecule has 0 saturated carbocycles. The zero-order valence-electron chi connectivity index (χ0n) is 13.6. The number of benzene rings is 1. The lowest BCUT2D eigenvalue weighted by atomic mass is 9.71. The first-order valence-corrected chi connectivity index (χ1v) is 7.69. The molecule has 124 valence electrons. The number of carbonyl (C=O) groups excluding carboxylic acids is 1. The molecule has 0 spiro atoms. The van der Waals surface area contributed by atoms with E-state index in [0.717, 1.165) is 18.4 Å². The van der Waals surface area contributed by atoms with Crippen LogP contribution >= 0.6 is 12.4 Å². The van der Waals surface area contributed by atoms with Crippen LogP contribution in [-0.2, 0) is 14.9 Å². The van der Waals surface area contributed by atoms with E-state index in [1.807, 2.05) is 19.2 Å². The van der Waals surface area contributed by atoms with Gasteiger partial charge in [0.05, 0.1) is 5.41 Å². The molecular formula is C17H27ClN2O2. The van der Waals surface area contributed by atoms with Gasteiger partial charge in [0.25, 0.3) is 0 Å². The summed E-state index contributed by atoms with van der Waals surface area (Å²) in [6.07, 6.45) is 1.50. The third-order valence-corrected chi connectivity index (χ3v) is 4.50. The van der Waals surface area contributed by atoms with E-state index in [1.54, 1.807) is 0 Å². The number of aryl methyl sites for hydroxylation is 1. The maximum absolute atomic E-state index is 12.9. The molecule has 1 aliphatic rings. The van der Waals surface area contributed by atoms with E-state index in [9.17, 15) is 4.79 Å². The Morgan fingerprint density at radius 1 is 1.32 bits per heavy atom. The maximum atomic E-state index is 12.9. The van der Waals surface area contributed by atoms with E-state index < -0.39 is 5.41 Å². The summed E-state index contributed by atoms with van der Waals surface area (Å²) < 4.78 is 5.49. The topological polar surface area (TPSA) is 50.4 Å². The number of halogens is 1. The van der Waals surface area contributed by atoms with Gasteiger partial charge in [0.1, 0.15) is 0 Å². The van der Waals surface area contributed by atoms with Crippen LogP contribution in [-0.4, -0.2) is 38.8 Å². The Bertz CT molecular complexity index is 487. The van der Waals surface area contributed by atoms with Crippen molar-refractivity contribution in [1.29, 1.82) is 0 Å². The first-order valence-electron chi connectivity index (χ1n) is 7.69. The van der Waals surface area contributed by atoms with Gasteiger partial charge in [0, 0.05) is 25.8 Å². The third kappa shape index (κ3) is 4.00. The molecule has 1 aromatic carbocycles. The third-order valence-electron chi connectivity index (χ3n) is 4.50. The van der Waals surface area contributed by atoms with Gasteiger partial charge in [0.2, 0.25) is 5.91 Å². The molecule has 1 aromatic rings. The molecule has 0 aromatic heterocycles. The number of ether oxygens (including phenoxy) is 1. The summed E-state index contributed by atoms with van der Waals surface area (Å²) in [6, 6.07) is 8.47. The average Bonchev–Trinajstić information content (AvgIpc) is 2.53. The lowest BCUT2D eigenvalue weighted by Crippen LogP contribution is -2.50. The fourth-order valence-electron chi connectivity index (χ4n) is 2.97. The highest BCUT2D eigenvalue weighted by Crippen LogP contribution is 2.36. The van der Waals surface area contributed by atoms with Gasteiger partial charge in [-0.3, -0.25) is 4.79 Å². The molecule has 1 aliphatic heterocycles. The van der Waals surface area contributed by atoms with E-state index in [2.05, 4.69) is 36.6 Å². The molecule has 1 heterocycles. The molecule has 2 rings (SSSR count). The van der Waals surface area contributed by atoms with Crippen LogP contribution in [0.3, 0.4) is 0 Å². The number of nitrogens with one attached hydrogen (secondary N) is 2. The second-order valence-corrected chi connectivity index (χ2v) is 5.91. The lowest BCUT2D eigenvalue weighted by molar-refractivity contribution is -0.130. The molecule has 0 bridgehead atoms. The van der Waals surface area contributed by atoms with Crippen molar-refractivity contribution in [1.82, 2.24) is 10.6 Å². The number of carbonyl (C=O) groups is 1. The number of hydrogen-bond donors (Lipinski definition) is 2. The summed E-state index contributed by atoms with van der Waals surface area (Å²) >= 11 is 0. The van der Waals surface area contributed by atoms with Crippen molar-refractivity contribution in [3.05, 3.63) is 35.4 Å². The largest absolute Gasteiger partial charge is 0.381 e. The summed E-state index contributed by atoms with van der Waals surface area (Å²) in [6.45, 7) is 6.07. The van der Waals surface area contributed by atoms with Crippen molar-refractivity contribution in [3.63, 3.8) is 0 Å². The second-order valence-electron chi connectivity index (χ2n) is 5.91. The van der Waals surface area contributed by atoms with Crippen LogP contribution in [0.15, 0.2) is 24.3 Å². The van der Waals surface area contributed by atoms with Crippen molar-refractivity contribution in [2.24, 2.45) is 0 Å². The Morgan fingerprint density at radius 3 is 2.55 bits per heavy atom. The smallest absolute Gasteiger partial charge is 0.230 e. The number of hydrogen-bond acceptors (Lipinski definition) is 3. The van der Waals surface area contributed by atoms with Gasteiger partial charge in [-0.05, 0) is 44.9 Å². The van der Waals surface area contributed by atoms with Gasteiger partial charge in [-0.2, -0.15) is 0 Å². The Morgan fingerprint density at radius 2 is 1.95 bits per heavy atom. The highest BCUT2D eigenvalue weighted by molar-refractivity contribution is 5.88. The number of rotatable bonds is 5. The molecule has 5 heteroatoms. The molecule has 1 saturated heterocycles. The van der Waals surface area contributed by atoms with E-state index in [4.69, 9.17) is 4.74 Å². The van der Waals surface area contributed by atoms with Crippen LogP contribution < -0.4 is 10.6 Å². The average molecular weight is 327 g/mol. The van der Waals surface area contributed by atoms with Crippen molar-refractivity contribution >= 4 is 18.3 Å². The molecule has 0 aliphatic carbocycles. The Hall–Kier alpha value is -1.10. The zero-order chi connectivity index (χ0) is 15.3.